The van der Waals surface area contributed by atoms with Crippen LogP contribution in [0.1, 0.15) is 41.5 Å². The van der Waals surface area contributed by atoms with Crippen LogP contribution in [-0.2, 0) is 16.0 Å². The van der Waals surface area contributed by atoms with Crippen LogP contribution in [-0.4, -0.2) is 54.2 Å². The minimum Gasteiger partial charge on any atom is -0.497 e. The number of aliphatic hydroxyl groups excluding tert-OH is 1. The second-order valence-corrected chi connectivity index (χ2v) is 9.80. The number of amides is 4. The number of urea groups is 1. The molecule has 1 heterocycles. The highest BCUT2D eigenvalue weighted by Gasteiger charge is 2.45. The van der Waals surface area contributed by atoms with Crippen molar-refractivity contribution in [2.45, 2.75) is 37.3 Å². The monoisotopic (exact) mass is 547 g/mol. The number of rotatable bonds is 11. The Morgan fingerprint density at radius 2 is 1.73 bits per heavy atom. The first-order valence-electron chi connectivity index (χ1n) is 13.1. The van der Waals surface area contributed by atoms with Crippen molar-refractivity contribution in [3.05, 3.63) is 89.2 Å². The van der Waals surface area contributed by atoms with Crippen molar-refractivity contribution in [1.29, 1.82) is 0 Å². The molecule has 9 nitrogen and oxygen atoms in total. The lowest BCUT2D eigenvalue weighted by molar-refractivity contribution is -0.134. The number of hydrogen-bond acceptors (Lipinski definition) is 6. The maximum absolute atomic E-state index is 14.9. The van der Waals surface area contributed by atoms with Gasteiger partial charge in [-0.2, -0.15) is 0 Å². The number of halogens is 1. The molecule has 3 N–H and O–H groups in total. The number of aliphatic hydroxyl groups is 1. The standard InChI is InChI=1S/C30H30FN3O6/c1-39-22-9-2-18(3-10-22)16-26(28(36)32-25-13-8-21(17-24(25)31)19-4-5-19)34-29(37)27(33-30(34)38)20-6-11-23(12-7-20)40-15-14-35/h2-3,6-13,17,19,26-27,35H,4-5,14-16H2,1H3,(H,32,36)(H,33,38)/t26?,27-/m1/s1. The summed E-state index contributed by atoms with van der Waals surface area (Å²) >= 11 is 0. The summed E-state index contributed by atoms with van der Waals surface area (Å²) in [5, 5.41) is 14.2. The molecule has 2 fully saturated rings. The molecule has 0 radical (unpaired) electrons. The number of nitrogens with zero attached hydrogens (tertiary/aromatic N) is 1. The zero-order valence-corrected chi connectivity index (χ0v) is 21.9. The van der Waals surface area contributed by atoms with Gasteiger partial charge >= 0.3 is 6.03 Å². The number of nitrogens with one attached hydrogen (secondary N) is 2. The molecule has 1 unspecified atom stereocenters. The summed E-state index contributed by atoms with van der Waals surface area (Å²) in [6.45, 7) is -0.0155. The van der Waals surface area contributed by atoms with Crippen LogP contribution in [0.25, 0.3) is 0 Å². The van der Waals surface area contributed by atoms with Crippen molar-refractivity contribution in [2.75, 3.05) is 25.6 Å². The van der Waals surface area contributed by atoms with Crippen molar-refractivity contribution >= 4 is 23.5 Å². The Kier molecular flexibility index (Phi) is 7.97. The molecule has 1 aliphatic heterocycles. The van der Waals surface area contributed by atoms with E-state index < -0.39 is 35.7 Å². The van der Waals surface area contributed by atoms with Crippen molar-refractivity contribution in [2.24, 2.45) is 0 Å². The summed E-state index contributed by atoms with van der Waals surface area (Å²) in [4.78, 5) is 41.2. The predicted octanol–water partition coefficient (Wildman–Crippen LogP) is 3.93. The number of hydrogen-bond donors (Lipinski definition) is 3. The minimum atomic E-state index is -1.25. The Morgan fingerprint density at radius 3 is 2.35 bits per heavy atom. The van der Waals surface area contributed by atoms with Gasteiger partial charge in [0.25, 0.3) is 5.91 Å². The second kappa shape index (κ2) is 11.7. The molecule has 1 saturated carbocycles. The molecule has 1 aliphatic carbocycles. The van der Waals surface area contributed by atoms with E-state index in [9.17, 15) is 18.8 Å². The molecule has 5 rings (SSSR count). The van der Waals surface area contributed by atoms with E-state index in [1.165, 1.54) is 19.2 Å². The van der Waals surface area contributed by atoms with E-state index in [-0.39, 0.29) is 25.3 Å². The number of ether oxygens (including phenoxy) is 2. The zero-order chi connectivity index (χ0) is 28.2. The lowest BCUT2D eigenvalue weighted by Gasteiger charge is -2.25. The summed E-state index contributed by atoms with van der Waals surface area (Å²) in [7, 11) is 1.53. The highest BCUT2D eigenvalue weighted by Crippen LogP contribution is 2.40. The molecule has 10 heteroatoms. The number of carbonyl (C=O) groups excluding carboxylic acids is 3. The van der Waals surface area contributed by atoms with E-state index in [1.54, 1.807) is 54.6 Å². The molecule has 2 aliphatic rings. The molecule has 40 heavy (non-hydrogen) atoms. The van der Waals surface area contributed by atoms with Crippen molar-refractivity contribution in [3.8, 4) is 11.5 Å². The zero-order valence-electron chi connectivity index (χ0n) is 21.9. The Balaban J connectivity index is 1.39. The van der Waals surface area contributed by atoms with E-state index in [1.807, 2.05) is 0 Å². The SMILES string of the molecule is COc1ccc(CC(C(=O)Nc2ccc(C3CC3)cc2F)N2C(=O)N[C@H](c3ccc(OCCO)cc3)C2=O)cc1. The van der Waals surface area contributed by atoms with Gasteiger partial charge in [0.2, 0.25) is 5.91 Å². The van der Waals surface area contributed by atoms with Gasteiger partial charge in [0.1, 0.15) is 36.0 Å². The van der Waals surface area contributed by atoms with Crippen LogP contribution in [0.3, 0.4) is 0 Å². The number of benzene rings is 3. The quantitative estimate of drug-likeness (QED) is 0.313. The maximum atomic E-state index is 14.9. The van der Waals surface area contributed by atoms with E-state index in [2.05, 4.69) is 10.6 Å². The molecule has 0 spiro atoms. The Bertz CT molecular complexity index is 1390. The lowest BCUT2D eigenvalue weighted by atomic mass is 10.0. The number of anilines is 1. The highest BCUT2D eigenvalue weighted by molar-refractivity contribution is 6.09. The Hall–Kier alpha value is -4.44. The maximum Gasteiger partial charge on any atom is 0.325 e. The summed E-state index contributed by atoms with van der Waals surface area (Å²) < 4.78 is 25.4. The molecular weight excluding hydrogens is 517 g/mol. The Labute approximate surface area is 230 Å². The first kappa shape index (κ1) is 27.1. The first-order chi connectivity index (χ1) is 19.4. The van der Waals surface area contributed by atoms with Gasteiger partial charge in [-0.1, -0.05) is 30.3 Å². The lowest BCUT2D eigenvalue weighted by Crippen LogP contribution is -2.49. The number of imide groups is 1. The van der Waals surface area contributed by atoms with E-state index in [0.717, 1.165) is 23.3 Å². The third-order valence-electron chi connectivity index (χ3n) is 7.05. The van der Waals surface area contributed by atoms with Crippen molar-refractivity contribution in [3.63, 3.8) is 0 Å². The largest absolute Gasteiger partial charge is 0.497 e. The third-order valence-corrected chi connectivity index (χ3v) is 7.05. The van der Waals surface area contributed by atoms with Crippen LogP contribution in [0.2, 0.25) is 0 Å². The van der Waals surface area contributed by atoms with Crippen LogP contribution in [0.15, 0.2) is 66.7 Å². The molecule has 4 amide bonds. The summed E-state index contributed by atoms with van der Waals surface area (Å²) in [5.41, 5.74) is 2.05. The summed E-state index contributed by atoms with van der Waals surface area (Å²) in [5.74, 6) is -0.403. The molecule has 208 valence electrons. The predicted molar refractivity (Wildman–Crippen MR) is 145 cm³/mol. The summed E-state index contributed by atoms with van der Waals surface area (Å²) in [6, 6.07) is 15.2. The molecule has 3 aromatic rings. The normalized spacial score (nSPS) is 17.4. The Morgan fingerprint density at radius 1 is 1.05 bits per heavy atom. The van der Waals surface area contributed by atoms with Gasteiger partial charge in [-0.15, -0.1) is 0 Å². The van der Waals surface area contributed by atoms with E-state index in [0.29, 0.717) is 28.5 Å². The van der Waals surface area contributed by atoms with Gasteiger partial charge in [-0.05, 0) is 71.8 Å². The number of carbonyl (C=O) groups is 3. The first-order valence-corrected chi connectivity index (χ1v) is 13.1. The fraction of sp³-hybridized carbons (Fsp3) is 0.300. The van der Waals surface area contributed by atoms with Gasteiger partial charge in [-0.3, -0.25) is 9.59 Å². The van der Waals surface area contributed by atoms with Crippen LogP contribution in [0.4, 0.5) is 14.9 Å². The van der Waals surface area contributed by atoms with Crippen molar-refractivity contribution < 1.29 is 33.4 Å². The van der Waals surface area contributed by atoms with Gasteiger partial charge < -0.3 is 25.2 Å². The second-order valence-electron chi connectivity index (χ2n) is 9.80. The average Bonchev–Trinajstić information content (AvgIpc) is 3.77. The molecule has 1 saturated heterocycles. The van der Waals surface area contributed by atoms with Crippen molar-refractivity contribution in [1.82, 2.24) is 10.2 Å². The van der Waals surface area contributed by atoms with Gasteiger partial charge in [-0.25, -0.2) is 14.1 Å². The minimum absolute atomic E-state index is 0.0113. The molecule has 2 atom stereocenters. The average molecular weight is 548 g/mol. The third kappa shape index (κ3) is 5.91. The fourth-order valence-electron chi connectivity index (χ4n) is 4.74. The van der Waals surface area contributed by atoms with E-state index >= 15 is 0 Å². The number of methoxy groups -OCH3 is 1. The smallest absolute Gasteiger partial charge is 0.325 e. The molecular formula is C30H30FN3O6. The highest BCUT2D eigenvalue weighted by atomic mass is 19.1. The fourth-order valence-corrected chi connectivity index (χ4v) is 4.74. The van der Waals surface area contributed by atoms with Gasteiger partial charge in [0.15, 0.2) is 0 Å². The molecule has 0 bridgehead atoms. The summed E-state index contributed by atoms with van der Waals surface area (Å²) in [6.07, 6.45) is 2.04. The van der Waals surface area contributed by atoms with Gasteiger partial charge in [0.05, 0.1) is 19.4 Å². The van der Waals surface area contributed by atoms with Crippen LogP contribution >= 0.6 is 0 Å². The van der Waals surface area contributed by atoms with Gasteiger partial charge in [0, 0.05) is 6.42 Å². The van der Waals surface area contributed by atoms with Crippen LogP contribution < -0.4 is 20.1 Å². The molecule has 0 aromatic heterocycles. The van der Waals surface area contributed by atoms with Crippen LogP contribution in [0, 0.1) is 5.82 Å². The topological polar surface area (TPSA) is 117 Å². The van der Waals surface area contributed by atoms with E-state index in [4.69, 9.17) is 14.6 Å². The van der Waals surface area contributed by atoms with Crippen LogP contribution in [0.5, 0.6) is 11.5 Å². The molecule has 3 aromatic carbocycles.